The molecule has 122 valence electrons. The number of hydrogen-bond acceptors (Lipinski definition) is 5. The van der Waals surface area contributed by atoms with Gasteiger partial charge in [-0.25, -0.2) is 13.6 Å². The number of nitrogens with zero attached hydrogens (tertiary/aromatic N) is 4. The summed E-state index contributed by atoms with van der Waals surface area (Å²) in [7, 11) is 1.57. The van der Waals surface area contributed by atoms with Gasteiger partial charge in [-0.3, -0.25) is 4.55 Å². The Hall–Kier alpha value is -2.80. The number of fused-ring (bicyclic) bond motifs is 1. The molecule has 9 heteroatoms. The Balaban J connectivity index is 2.03. The van der Waals surface area contributed by atoms with Crippen molar-refractivity contribution in [3.8, 4) is 17.5 Å². The molecular formula is C15H13N5O3S. The van der Waals surface area contributed by atoms with Crippen LogP contribution in [-0.4, -0.2) is 30.9 Å². The highest BCUT2D eigenvalue weighted by Crippen LogP contribution is 2.23. The summed E-state index contributed by atoms with van der Waals surface area (Å²) in [4.78, 5) is 0. The Labute approximate surface area is 140 Å². The molecule has 2 aromatic carbocycles. The molecule has 0 bridgehead atoms. The van der Waals surface area contributed by atoms with Crippen LogP contribution in [0.15, 0.2) is 36.4 Å². The second-order valence-corrected chi connectivity index (χ2v) is 5.68. The average molecular weight is 343 g/mol. The highest BCUT2D eigenvalue weighted by atomic mass is 32.2. The normalized spacial score (nSPS) is 12.0. The number of aromatic nitrogens is 3. The Bertz CT molecular complexity index is 963. The van der Waals surface area contributed by atoms with Crippen molar-refractivity contribution in [3.63, 3.8) is 0 Å². The Morgan fingerprint density at radius 1 is 1.38 bits per heavy atom. The van der Waals surface area contributed by atoms with Gasteiger partial charge < -0.3 is 4.74 Å². The summed E-state index contributed by atoms with van der Waals surface area (Å²) in [5.41, 5.74) is 3.08. The molecule has 0 saturated carbocycles. The molecule has 3 rings (SSSR count). The van der Waals surface area contributed by atoms with Crippen LogP contribution in [0.3, 0.4) is 0 Å². The molecule has 0 aliphatic heterocycles. The topological polar surface area (TPSA) is 113 Å². The van der Waals surface area contributed by atoms with Crippen molar-refractivity contribution in [2.45, 2.75) is 6.54 Å². The van der Waals surface area contributed by atoms with Crippen molar-refractivity contribution in [2.24, 2.45) is 0 Å². The predicted octanol–water partition coefficient (Wildman–Crippen LogP) is 1.53. The van der Waals surface area contributed by atoms with E-state index in [1.165, 1.54) is 0 Å². The smallest absolute Gasteiger partial charge is 0.232 e. The summed E-state index contributed by atoms with van der Waals surface area (Å²) in [6, 6.07) is 12.6. The van der Waals surface area contributed by atoms with Gasteiger partial charge in [0.2, 0.25) is 11.3 Å². The molecular weight excluding hydrogens is 330 g/mol. The third-order valence-electron chi connectivity index (χ3n) is 3.46. The minimum Gasteiger partial charge on any atom is -0.497 e. The summed E-state index contributed by atoms with van der Waals surface area (Å²) in [5, 5.41) is 17.6. The number of benzene rings is 2. The highest BCUT2D eigenvalue weighted by molar-refractivity contribution is 7.77. The standard InChI is InChI=1S/C15H13N5O3S/c1-23-12-3-5-15-13(7-12)18-19-20(15)14-4-2-10(6-11(14)8-16)9-17-24(21)22/h2-7,17H,9H2,1H3,(H,21,22). The van der Waals surface area contributed by atoms with Gasteiger partial charge in [-0.05, 0) is 29.8 Å². The van der Waals surface area contributed by atoms with Crippen LogP contribution in [0.5, 0.6) is 5.75 Å². The van der Waals surface area contributed by atoms with Gasteiger partial charge in [-0.15, -0.1) is 5.10 Å². The molecule has 0 fully saturated rings. The number of hydrogen-bond donors (Lipinski definition) is 2. The van der Waals surface area contributed by atoms with Gasteiger partial charge in [0.25, 0.3) is 0 Å². The number of rotatable bonds is 5. The van der Waals surface area contributed by atoms with Gasteiger partial charge in [0.15, 0.2) is 0 Å². The predicted molar refractivity (Wildman–Crippen MR) is 87.7 cm³/mol. The number of nitrogens with one attached hydrogen (secondary N) is 1. The maximum Gasteiger partial charge on any atom is 0.232 e. The quantitative estimate of drug-likeness (QED) is 0.679. The first-order valence-corrected chi connectivity index (χ1v) is 8.00. The van der Waals surface area contributed by atoms with Gasteiger partial charge in [-0.2, -0.15) is 5.26 Å². The Morgan fingerprint density at radius 3 is 2.92 bits per heavy atom. The fourth-order valence-corrected chi connectivity index (χ4v) is 2.61. The average Bonchev–Trinajstić information content (AvgIpc) is 3.02. The van der Waals surface area contributed by atoms with Crippen molar-refractivity contribution in [3.05, 3.63) is 47.5 Å². The summed E-state index contributed by atoms with van der Waals surface area (Å²) in [6.45, 7) is 0.174. The zero-order chi connectivity index (χ0) is 17.1. The molecule has 1 heterocycles. The maximum atomic E-state index is 10.7. The van der Waals surface area contributed by atoms with E-state index in [9.17, 15) is 9.47 Å². The van der Waals surface area contributed by atoms with E-state index in [1.807, 2.05) is 6.07 Å². The van der Waals surface area contributed by atoms with Crippen LogP contribution in [0.1, 0.15) is 11.1 Å². The summed E-state index contributed by atoms with van der Waals surface area (Å²) in [6.07, 6.45) is 0. The van der Waals surface area contributed by atoms with E-state index in [4.69, 9.17) is 9.29 Å². The number of ether oxygens (including phenoxy) is 1. The van der Waals surface area contributed by atoms with Crippen molar-refractivity contribution >= 4 is 22.3 Å². The van der Waals surface area contributed by atoms with Gasteiger partial charge in [-0.1, -0.05) is 11.3 Å². The van der Waals surface area contributed by atoms with E-state index >= 15 is 0 Å². The molecule has 3 aromatic rings. The van der Waals surface area contributed by atoms with Gasteiger partial charge in [0.05, 0.1) is 23.9 Å². The number of nitriles is 1. The molecule has 0 saturated heterocycles. The van der Waals surface area contributed by atoms with Crippen LogP contribution in [0.4, 0.5) is 0 Å². The Morgan fingerprint density at radius 2 is 2.21 bits per heavy atom. The summed E-state index contributed by atoms with van der Waals surface area (Å²) >= 11 is -2.10. The second-order valence-electron chi connectivity index (χ2n) is 4.89. The second kappa shape index (κ2) is 6.76. The van der Waals surface area contributed by atoms with Gasteiger partial charge >= 0.3 is 0 Å². The lowest BCUT2D eigenvalue weighted by atomic mass is 10.1. The largest absolute Gasteiger partial charge is 0.497 e. The molecule has 0 spiro atoms. The molecule has 0 radical (unpaired) electrons. The molecule has 1 aromatic heterocycles. The minimum absolute atomic E-state index is 0.174. The van der Waals surface area contributed by atoms with Crippen LogP contribution >= 0.6 is 0 Å². The van der Waals surface area contributed by atoms with Crippen molar-refractivity contribution < 1.29 is 13.5 Å². The van der Waals surface area contributed by atoms with Crippen LogP contribution in [-0.2, 0) is 17.8 Å². The Kier molecular flexibility index (Phi) is 4.52. The lowest BCUT2D eigenvalue weighted by Gasteiger charge is -2.08. The van der Waals surface area contributed by atoms with Crippen LogP contribution < -0.4 is 9.46 Å². The van der Waals surface area contributed by atoms with Gasteiger partial charge in [0.1, 0.15) is 17.3 Å². The third kappa shape index (κ3) is 3.11. The van der Waals surface area contributed by atoms with Crippen molar-refractivity contribution in [1.82, 2.24) is 19.7 Å². The van der Waals surface area contributed by atoms with Crippen LogP contribution in [0, 0.1) is 11.3 Å². The zero-order valence-corrected chi connectivity index (χ0v) is 13.4. The first kappa shape index (κ1) is 16.1. The van der Waals surface area contributed by atoms with Gasteiger partial charge in [0, 0.05) is 12.6 Å². The fourth-order valence-electron chi connectivity index (χ4n) is 2.32. The number of methoxy groups -OCH3 is 1. The molecule has 1 atom stereocenters. The van der Waals surface area contributed by atoms with Crippen molar-refractivity contribution in [2.75, 3.05) is 7.11 Å². The van der Waals surface area contributed by atoms with E-state index in [0.717, 1.165) is 5.52 Å². The van der Waals surface area contributed by atoms with E-state index < -0.39 is 11.3 Å². The molecule has 0 amide bonds. The molecule has 0 aliphatic carbocycles. The molecule has 2 N–H and O–H groups in total. The van der Waals surface area contributed by atoms with Crippen molar-refractivity contribution in [1.29, 1.82) is 5.26 Å². The molecule has 24 heavy (non-hydrogen) atoms. The van der Waals surface area contributed by atoms with Crippen LogP contribution in [0.2, 0.25) is 0 Å². The summed E-state index contributed by atoms with van der Waals surface area (Å²) in [5.74, 6) is 0.675. The minimum atomic E-state index is -2.10. The van der Waals surface area contributed by atoms with E-state index in [2.05, 4.69) is 21.1 Å². The molecule has 0 aliphatic rings. The SMILES string of the molecule is COc1ccc2c(c1)nnn2-c1ccc(CNS(=O)O)cc1C#N. The maximum absolute atomic E-state index is 10.7. The lowest BCUT2D eigenvalue weighted by molar-refractivity contribution is 0.415. The molecule has 1 unspecified atom stereocenters. The van der Waals surface area contributed by atoms with Crippen LogP contribution in [0.25, 0.3) is 16.7 Å². The fraction of sp³-hybridized carbons (Fsp3) is 0.133. The first-order chi connectivity index (χ1) is 11.6. The van der Waals surface area contributed by atoms with E-state index in [-0.39, 0.29) is 6.54 Å². The zero-order valence-electron chi connectivity index (χ0n) is 12.6. The highest BCUT2D eigenvalue weighted by Gasteiger charge is 2.12. The van der Waals surface area contributed by atoms with E-state index in [0.29, 0.717) is 28.1 Å². The molecule has 8 nitrogen and oxygen atoms in total. The first-order valence-electron chi connectivity index (χ1n) is 6.89. The van der Waals surface area contributed by atoms with E-state index in [1.54, 1.807) is 42.1 Å². The lowest BCUT2D eigenvalue weighted by Crippen LogP contribution is -2.15. The summed E-state index contributed by atoms with van der Waals surface area (Å²) < 4.78 is 28.6. The third-order valence-corrected chi connectivity index (χ3v) is 3.85. The monoisotopic (exact) mass is 343 g/mol.